The van der Waals surface area contributed by atoms with E-state index in [-0.39, 0.29) is 0 Å². The van der Waals surface area contributed by atoms with E-state index < -0.39 is 35.9 Å². The van der Waals surface area contributed by atoms with Crippen LogP contribution in [0, 0.1) is 0 Å². The molecule has 3 rings (SSSR count). The van der Waals surface area contributed by atoms with Crippen molar-refractivity contribution in [2.45, 2.75) is 51.5 Å². The smallest absolute Gasteiger partial charge is 0.411 e. The normalized spacial score (nSPS) is 15.1. The zero-order valence-corrected chi connectivity index (χ0v) is 17.4. The summed E-state index contributed by atoms with van der Waals surface area (Å²) < 4.78 is 10.6. The van der Waals surface area contributed by atoms with Crippen molar-refractivity contribution in [2.24, 2.45) is 0 Å². The number of hydrogen-bond acceptors (Lipinski definition) is 5. The Kier molecular flexibility index (Phi) is 5.66. The monoisotopic (exact) mass is 397 g/mol. The highest BCUT2D eigenvalue weighted by Crippen LogP contribution is 2.47. The van der Waals surface area contributed by atoms with Gasteiger partial charge in [0, 0.05) is 0 Å². The summed E-state index contributed by atoms with van der Waals surface area (Å²) in [5, 5.41) is 10.5. The van der Waals surface area contributed by atoms with Gasteiger partial charge >= 0.3 is 12.1 Å². The van der Waals surface area contributed by atoms with Crippen LogP contribution in [0.3, 0.4) is 0 Å². The third kappa shape index (κ3) is 3.98. The minimum Gasteiger partial charge on any atom is -0.458 e. The molecular weight excluding hydrogens is 370 g/mol. The Morgan fingerprint density at radius 1 is 1.00 bits per heavy atom. The second-order valence-electron chi connectivity index (χ2n) is 8.17. The quantitative estimate of drug-likeness (QED) is 0.792. The highest BCUT2D eigenvalue weighted by atomic mass is 16.6. The van der Waals surface area contributed by atoms with Crippen LogP contribution in [0.2, 0.25) is 0 Å². The van der Waals surface area contributed by atoms with E-state index in [9.17, 15) is 14.7 Å². The lowest BCUT2D eigenvalue weighted by molar-refractivity contribution is -0.165. The molecule has 0 radical (unpaired) electrons. The van der Waals surface area contributed by atoms with Crippen LogP contribution in [0.1, 0.15) is 44.9 Å². The van der Waals surface area contributed by atoms with E-state index in [4.69, 9.17) is 9.47 Å². The summed E-state index contributed by atoms with van der Waals surface area (Å²) in [4.78, 5) is 27.2. The SMILES string of the molecule is COC(=O)N(C1c2ccccc2-c2ccccc21)C(C(=O)OC(C)(C)C)C(C)O. The second kappa shape index (κ2) is 7.87. The number of methoxy groups -OCH3 is 1. The molecule has 1 aliphatic carbocycles. The number of fused-ring (bicyclic) bond motifs is 3. The van der Waals surface area contributed by atoms with Gasteiger partial charge in [-0.1, -0.05) is 48.5 Å². The predicted molar refractivity (Wildman–Crippen MR) is 109 cm³/mol. The molecule has 2 unspecified atom stereocenters. The molecule has 0 aromatic heterocycles. The number of amides is 1. The van der Waals surface area contributed by atoms with Crippen molar-refractivity contribution in [2.75, 3.05) is 7.11 Å². The van der Waals surface area contributed by atoms with Gasteiger partial charge in [-0.2, -0.15) is 0 Å². The van der Waals surface area contributed by atoms with E-state index in [0.717, 1.165) is 22.3 Å². The Labute approximate surface area is 171 Å². The summed E-state index contributed by atoms with van der Waals surface area (Å²) in [5.74, 6) is -0.681. The number of hydrogen-bond donors (Lipinski definition) is 1. The third-order valence-electron chi connectivity index (χ3n) is 4.87. The summed E-state index contributed by atoms with van der Waals surface area (Å²) in [6.07, 6.45) is -1.87. The van der Waals surface area contributed by atoms with Crippen molar-refractivity contribution in [3.8, 4) is 11.1 Å². The van der Waals surface area contributed by atoms with Gasteiger partial charge in [0.1, 0.15) is 5.60 Å². The molecule has 0 spiro atoms. The zero-order valence-electron chi connectivity index (χ0n) is 17.4. The molecule has 0 saturated heterocycles. The van der Waals surface area contributed by atoms with Crippen molar-refractivity contribution in [3.63, 3.8) is 0 Å². The molecule has 2 aromatic carbocycles. The lowest BCUT2D eigenvalue weighted by Gasteiger charge is -2.37. The Balaban J connectivity index is 2.16. The maximum atomic E-state index is 13.0. The van der Waals surface area contributed by atoms with Crippen LogP contribution in [-0.2, 0) is 14.3 Å². The molecule has 1 aliphatic rings. The molecular formula is C23H27NO5. The molecule has 1 N–H and O–H groups in total. The molecule has 154 valence electrons. The summed E-state index contributed by atoms with van der Waals surface area (Å²) >= 11 is 0. The van der Waals surface area contributed by atoms with E-state index >= 15 is 0 Å². The second-order valence-corrected chi connectivity index (χ2v) is 8.17. The Hall–Kier alpha value is -2.86. The fourth-order valence-electron chi connectivity index (χ4n) is 3.82. The number of benzene rings is 2. The van der Waals surface area contributed by atoms with E-state index in [2.05, 4.69) is 0 Å². The zero-order chi connectivity index (χ0) is 21.3. The summed E-state index contributed by atoms with van der Waals surface area (Å²) in [7, 11) is 1.26. The number of carbonyl (C=O) groups is 2. The van der Waals surface area contributed by atoms with Gasteiger partial charge in [0.05, 0.1) is 19.3 Å². The van der Waals surface area contributed by atoms with Gasteiger partial charge < -0.3 is 14.6 Å². The van der Waals surface area contributed by atoms with Gasteiger partial charge in [0.25, 0.3) is 0 Å². The average Bonchev–Trinajstić information content (AvgIpc) is 2.98. The van der Waals surface area contributed by atoms with Crippen LogP contribution in [0.15, 0.2) is 48.5 Å². The van der Waals surface area contributed by atoms with Gasteiger partial charge in [0.2, 0.25) is 0 Å². The lowest BCUT2D eigenvalue weighted by atomic mass is 9.99. The number of carbonyl (C=O) groups excluding carboxylic acids is 2. The number of aliphatic hydroxyl groups is 1. The first-order valence-electron chi connectivity index (χ1n) is 9.61. The highest BCUT2D eigenvalue weighted by Gasteiger charge is 2.45. The van der Waals surface area contributed by atoms with Crippen molar-refractivity contribution < 1.29 is 24.2 Å². The van der Waals surface area contributed by atoms with Crippen molar-refractivity contribution in [3.05, 3.63) is 59.7 Å². The molecule has 0 fully saturated rings. The third-order valence-corrected chi connectivity index (χ3v) is 4.87. The van der Waals surface area contributed by atoms with Gasteiger partial charge in [-0.05, 0) is 49.9 Å². The van der Waals surface area contributed by atoms with Crippen LogP contribution in [0.5, 0.6) is 0 Å². The lowest BCUT2D eigenvalue weighted by Crippen LogP contribution is -2.54. The van der Waals surface area contributed by atoms with Crippen LogP contribution in [0.25, 0.3) is 11.1 Å². The van der Waals surface area contributed by atoms with Crippen LogP contribution in [-0.4, -0.2) is 46.9 Å². The standard InChI is InChI=1S/C23H27NO5/c1-14(25)19(21(26)29-23(2,3)4)24(22(27)28-5)20-17-12-8-6-10-15(17)16-11-7-9-13-18(16)20/h6-14,19-20,25H,1-5H3. The molecule has 0 aliphatic heterocycles. The topological polar surface area (TPSA) is 76.1 Å². The van der Waals surface area contributed by atoms with Gasteiger partial charge in [0.15, 0.2) is 6.04 Å². The van der Waals surface area contributed by atoms with Crippen molar-refractivity contribution in [1.82, 2.24) is 4.90 Å². The molecule has 1 amide bonds. The van der Waals surface area contributed by atoms with E-state index in [0.29, 0.717) is 0 Å². The van der Waals surface area contributed by atoms with Gasteiger partial charge in [-0.25, -0.2) is 9.59 Å². The summed E-state index contributed by atoms with van der Waals surface area (Å²) in [6, 6.07) is 13.6. The highest BCUT2D eigenvalue weighted by molar-refractivity contribution is 5.86. The largest absolute Gasteiger partial charge is 0.458 e. The number of aliphatic hydroxyl groups excluding tert-OH is 1. The minimum atomic E-state index is -1.23. The summed E-state index contributed by atoms with van der Waals surface area (Å²) in [6.45, 7) is 6.70. The maximum absolute atomic E-state index is 13.0. The Morgan fingerprint density at radius 2 is 1.48 bits per heavy atom. The average molecular weight is 397 g/mol. The molecule has 2 atom stereocenters. The fourth-order valence-corrected chi connectivity index (χ4v) is 3.82. The van der Waals surface area contributed by atoms with E-state index in [1.165, 1.54) is 18.9 Å². The number of rotatable bonds is 4. The molecule has 0 saturated carbocycles. The molecule has 0 bridgehead atoms. The van der Waals surface area contributed by atoms with Crippen molar-refractivity contribution in [1.29, 1.82) is 0 Å². The molecule has 2 aromatic rings. The summed E-state index contributed by atoms with van der Waals surface area (Å²) in [5.41, 5.74) is 2.94. The van der Waals surface area contributed by atoms with Gasteiger partial charge in [-0.15, -0.1) is 0 Å². The first kappa shape index (κ1) is 20.9. The van der Waals surface area contributed by atoms with Crippen LogP contribution in [0.4, 0.5) is 4.79 Å². The van der Waals surface area contributed by atoms with E-state index in [1.807, 2.05) is 48.5 Å². The Bertz CT molecular complexity index is 870. The number of esters is 1. The van der Waals surface area contributed by atoms with Crippen molar-refractivity contribution >= 4 is 12.1 Å². The molecule has 29 heavy (non-hydrogen) atoms. The first-order chi connectivity index (χ1) is 13.7. The van der Waals surface area contributed by atoms with E-state index in [1.54, 1.807) is 20.8 Å². The predicted octanol–water partition coefficient (Wildman–Crippen LogP) is 3.92. The number of ether oxygens (including phenoxy) is 2. The fraction of sp³-hybridized carbons (Fsp3) is 0.391. The number of nitrogens with zero attached hydrogens (tertiary/aromatic N) is 1. The first-order valence-corrected chi connectivity index (χ1v) is 9.61. The maximum Gasteiger partial charge on any atom is 0.411 e. The molecule has 0 heterocycles. The van der Waals surface area contributed by atoms with Crippen LogP contribution < -0.4 is 0 Å². The van der Waals surface area contributed by atoms with Gasteiger partial charge in [-0.3, -0.25) is 4.90 Å². The van der Waals surface area contributed by atoms with Crippen LogP contribution >= 0.6 is 0 Å². The molecule has 6 nitrogen and oxygen atoms in total. The Morgan fingerprint density at radius 3 is 1.90 bits per heavy atom. The molecule has 6 heteroatoms. The minimum absolute atomic E-state index is 0.582.